The SMILES string of the molecule is [2H]c1c(CCN(C([2H])([2H])[2H])C([2H])([2H])[2H])c2cc(CS(=O)(=O)N([2H])C([2H])([2H])[2H])ccc2n1[2H]. The number of hydrogen-bond donors (Lipinski definition) is 2. The zero-order valence-corrected chi connectivity index (χ0v) is 11.2. The quantitative estimate of drug-likeness (QED) is 0.846. The molecule has 2 aromatic rings. The maximum atomic E-state index is 12.2. The molecule has 110 valence electrons. The Kier molecular flexibility index (Phi) is 1.72. The highest BCUT2D eigenvalue weighted by Gasteiger charge is 2.11. The minimum atomic E-state index is -4.54. The van der Waals surface area contributed by atoms with E-state index in [-0.39, 0.29) is 34.6 Å². The van der Waals surface area contributed by atoms with Crippen LogP contribution in [0.4, 0.5) is 0 Å². The highest BCUT2D eigenvalue weighted by molar-refractivity contribution is 7.88. The van der Waals surface area contributed by atoms with Crippen LogP contribution < -0.4 is 4.72 Å². The smallest absolute Gasteiger partial charge is 0.215 e. The number of rotatable bonds is 6. The van der Waals surface area contributed by atoms with Crippen LogP contribution in [-0.2, 0) is 22.2 Å². The van der Waals surface area contributed by atoms with Gasteiger partial charge in [-0.25, -0.2) is 13.1 Å². The van der Waals surface area contributed by atoms with Crippen LogP contribution in [0.25, 0.3) is 10.9 Å². The molecule has 2 N–H and O–H groups in total. The first-order chi connectivity index (χ1) is 14.3. The van der Waals surface area contributed by atoms with E-state index in [0.717, 1.165) is 4.98 Å². The maximum absolute atomic E-state index is 12.2. The van der Waals surface area contributed by atoms with Crippen molar-refractivity contribution in [1.82, 2.24) is 14.6 Å². The third kappa shape index (κ3) is 3.59. The van der Waals surface area contributed by atoms with E-state index in [9.17, 15) is 8.42 Å². The summed E-state index contributed by atoms with van der Waals surface area (Å²) in [7, 11) is -4.54. The first-order valence-corrected chi connectivity index (χ1v) is 7.29. The Morgan fingerprint density at radius 3 is 3.15 bits per heavy atom. The zero-order valence-electron chi connectivity index (χ0n) is 22.4. The molecule has 1 aromatic carbocycles. The van der Waals surface area contributed by atoms with Crippen molar-refractivity contribution in [3.05, 3.63) is 35.5 Å². The van der Waals surface area contributed by atoms with Gasteiger partial charge in [-0.1, -0.05) is 6.07 Å². The molecule has 20 heavy (non-hydrogen) atoms. The maximum Gasteiger partial charge on any atom is 0.215 e. The number of nitrogens with one attached hydrogen (secondary N) is 2. The summed E-state index contributed by atoms with van der Waals surface area (Å²) in [6.45, 7) is -9.54. The van der Waals surface area contributed by atoms with Crippen molar-refractivity contribution in [1.29, 1.82) is 0 Å². The molecule has 0 aliphatic heterocycles. The van der Waals surface area contributed by atoms with Crippen LogP contribution in [0.3, 0.4) is 0 Å². The van der Waals surface area contributed by atoms with Crippen molar-refractivity contribution in [3.8, 4) is 0 Å². The summed E-state index contributed by atoms with van der Waals surface area (Å²) >= 11 is 0. The first-order valence-electron chi connectivity index (χ1n) is 11.6. The minimum Gasteiger partial charge on any atom is -0.361 e. The highest BCUT2D eigenvalue weighted by Crippen LogP contribution is 2.21. The molecule has 6 heteroatoms. The van der Waals surface area contributed by atoms with E-state index in [1.165, 1.54) is 18.2 Å². The van der Waals surface area contributed by atoms with E-state index < -0.39 is 48.0 Å². The fourth-order valence-electron chi connectivity index (χ4n) is 1.86. The number of hydrogen-bond acceptors (Lipinski definition) is 3. The number of likely N-dealkylation sites (N-methyl/N-ethyl adjacent to an activating group) is 1. The van der Waals surface area contributed by atoms with Gasteiger partial charge in [-0.05, 0) is 50.6 Å². The van der Waals surface area contributed by atoms with Gasteiger partial charge in [0.25, 0.3) is 0 Å². The Bertz CT molecular complexity index is 1070. The number of H-pyrrole nitrogens is 1. The van der Waals surface area contributed by atoms with Crippen LogP contribution in [0.5, 0.6) is 0 Å². The van der Waals surface area contributed by atoms with E-state index in [4.69, 9.17) is 16.5 Å². The second kappa shape index (κ2) is 5.95. The molecule has 0 radical (unpaired) electrons. The van der Waals surface area contributed by atoms with Crippen LogP contribution in [0, 0.1) is 0 Å². The van der Waals surface area contributed by atoms with Crippen LogP contribution in [0.1, 0.15) is 24.8 Å². The summed E-state index contributed by atoms with van der Waals surface area (Å²) in [5.41, 5.74) is 0.402. The fraction of sp³-hybridized carbons (Fsp3) is 0.429. The molecule has 0 bridgehead atoms. The van der Waals surface area contributed by atoms with Gasteiger partial charge in [-0.2, -0.15) is 0 Å². The lowest BCUT2D eigenvalue weighted by atomic mass is 10.1. The minimum absolute atomic E-state index is 0.0781. The van der Waals surface area contributed by atoms with E-state index >= 15 is 0 Å². The fourth-order valence-corrected chi connectivity index (χ4v) is 2.52. The lowest BCUT2D eigenvalue weighted by Crippen LogP contribution is -2.20. The van der Waals surface area contributed by atoms with Gasteiger partial charge in [0.15, 0.2) is 1.41 Å². The lowest BCUT2D eigenvalue weighted by Gasteiger charge is -2.08. The van der Waals surface area contributed by atoms with Gasteiger partial charge in [0.2, 0.25) is 10.0 Å². The summed E-state index contributed by atoms with van der Waals surface area (Å²) in [5.74, 6) is -0.836. The Balaban J connectivity index is 2.45. The highest BCUT2D eigenvalue weighted by atomic mass is 32.2. The van der Waals surface area contributed by atoms with E-state index in [2.05, 4.69) is 0 Å². The molecule has 0 amide bonds. The molecule has 2 rings (SSSR count). The number of fused-ring (bicyclic) bond motifs is 1. The number of nitrogens with zero attached hydrogens (tertiary/aromatic N) is 1. The Morgan fingerprint density at radius 1 is 1.55 bits per heavy atom. The van der Waals surface area contributed by atoms with Crippen LogP contribution in [-0.4, -0.2) is 45.8 Å². The largest absolute Gasteiger partial charge is 0.361 e. The molecule has 1 heterocycles. The average Bonchev–Trinajstić information content (AvgIpc) is 2.82. The van der Waals surface area contributed by atoms with Gasteiger partial charge in [0, 0.05) is 36.0 Å². The van der Waals surface area contributed by atoms with Crippen molar-refractivity contribution >= 4 is 20.9 Å². The molecule has 0 atom stereocenters. The standard InChI is InChI=1S/C14H21N3O2S/c1-15-20(18,19)10-11-4-5-14-13(8-11)12(9-16-14)6-7-17(2)3/h4-5,8-9,15-16H,6-7,10H2,1-3H3/i1D3,2D3,3D3,9D/hD2. The summed E-state index contributed by atoms with van der Waals surface area (Å²) < 4.78 is 113. The molecule has 5 nitrogen and oxygen atoms in total. The van der Waals surface area contributed by atoms with Crippen molar-refractivity contribution in [2.75, 3.05) is 27.5 Å². The van der Waals surface area contributed by atoms with Gasteiger partial charge in [-0.15, -0.1) is 0 Å². The van der Waals surface area contributed by atoms with Crippen LogP contribution >= 0.6 is 0 Å². The van der Waals surface area contributed by atoms with Crippen LogP contribution in [0.15, 0.2) is 24.4 Å². The number of benzene rings is 1. The number of sulfonamides is 1. The van der Waals surface area contributed by atoms with Gasteiger partial charge >= 0.3 is 0 Å². The van der Waals surface area contributed by atoms with Crippen molar-refractivity contribution in [2.45, 2.75) is 12.2 Å². The topological polar surface area (TPSA) is 65.2 Å². The van der Waals surface area contributed by atoms with Gasteiger partial charge in [-0.3, -0.25) is 0 Å². The third-order valence-electron chi connectivity index (χ3n) is 2.77. The predicted molar refractivity (Wildman–Crippen MR) is 82.2 cm³/mol. The monoisotopic (exact) mass is 307 g/mol. The molecule has 0 saturated carbocycles. The van der Waals surface area contributed by atoms with Gasteiger partial charge in [0.1, 0.15) is 1.41 Å². The Morgan fingerprint density at radius 2 is 2.40 bits per heavy atom. The summed E-state index contributed by atoms with van der Waals surface area (Å²) in [5, 5.41) is 0.221. The summed E-state index contributed by atoms with van der Waals surface area (Å²) in [6, 6.07) is 3.94. The number of aromatic nitrogens is 1. The Labute approximate surface area is 137 Å². The van der Waals surface area contributed by atoms with Gasteiger partial charge in [0.05, 0.1) is 7.12 Å². The normalized spacial score (nSPS) is 23.3. The third-order valence-corrected chi connectivity index (χ3v) is 3.75. The molecule has 1 aromatic heterocycles. The second-order valence-electron chi connectivity index (χ2n) is 4.27. The van der Waals surface area contributed by atoms with Crippen molar-refractivity contribution in [2.24, 2.45) is 0 Å². The number of aromatic amines is 1. The molecule has 0 aliphatic carbocycles. The van der Waals surface area contributed by atoms with Crippen molar-refractivity contribution in [3.63, 3.8) is 0 Å². The predicted octanol–water partition coefficient (Wildman–Crippen LogP) is 1.32. The lowest BCUT2D eigenvalue weighted by molar-refractivity contribution is 0.414. The zero-order chi connectivity index (χ0) is 24.9. The molecule has 0 saturated heterocycles. The Hall–Kier alpha value is -1.37. The molecule has 0 unspecified atom stereocenters. The summed E-state index contributed by atoms with van der Waals surface area (Å²) in [6.07, 6.45) is -0.561. The van der Waals surface area contributed by atoms with E-state index in [1.807, 2.05) is 0 Å². The molecular weight excluding hydrogens is 274 g/mol. The van der Waals surface area contributed by atoms with Crippen LogP contribution in [0.2, 0.25) is 2.82 Å². The van der Waals surface area contributed by atoms with E-state index in [1.54, 1.807) is 0 Å². The average molecular weight is 307 g/mol. The molecule has 0 spiro atoms. The first kappa shape index (κ1) is 5.79. The molecule has 0 aliphatic rings. The molecule has 0 fully saturated rings. The molecular formula is C14H21N3O2S. The second-order valence-corrected chi connectivity index (χ2v) is 5.91. The van der Waals surface area contributed by atoms with Crippen molar-refractivity contribution < 1.29 is 24.9 Å². The summed E-state index contributed by atoms with van der Waals surface area (Å²) in [4.78, 5) is 1.05. The van der Waals surface area contributed by atoms with Gasteiger partial charge < -0.3 is 9.88 Å². The van der Waals surface area contributed by atoms with E-state index in [0.29, 0.717) is 4.90 Å².